The Morgan fingerprint density at radius 1 is 1.17 bits per heavy atom. The SMILES string of the molecule is CCOCc1ccc(C)c(Nc2ncc(-c3ccc(-n4cccn4)c(OC)c3)o2)c1. The van der Waals surface area contributed by atoms with Crippen LogP contribution in [-0.4, -0.2) is 28.5 Å². The van der Waals surface area contributed by atoms with E-state index in [9.17, 15) is 0 Å². The Bertz CT molecular complexity index is 1120. The lowest BCUT2D eigenvalue weighted by molar-refractivity contribution is 0.134. The number of nitrogens with one attached hydrogen (secondary N) is 1. The summed E-state index contributed by atoms with van der Waals surface area (Å²) in [6, 6.07) is 14.3. The van der Waals surface area contributed by atoms with Crippen LogP contribution in [0.15, 0.2) is 65.5 Å². The van der Waals surface area contributed by atoms with E-state index in [2.05, 4.69) is 33.6 Å². The summed E-state index contributed by atoms with van der Waals surface area (Å²) in [5.41, 5.74) is 4.85. The van der Waals surface area contributed by atoms with E-state index in [4.69, 9.17) is 13.9 Å². The Morgan fingerprint density at radius 2 is 2.07 bits per heavy atom. The molecule has 7 heteroatoms. The van der Waals surface area contributed by atoms with E-state index in [0.717, 1.165) is 28.1 Å². The number of hydrogen-bond acceptors (Lipinski definition) is 6. The lowest BCUT2D eigenvalue weighted by Gasteiger charge is -2.10. The minimum atomic E-state index is 0.428. The molecule has 2 aromatic heterocycles. The molecule has 0 saturated heterocycles. The monoisotopic (exact) mass is 404 g/mol. The van der Waals surface area contributed by atoms with Crippen molar-refractivity contribution in [1.82, 2.24) is 14.8 Å². The molecular formula is C23H24N4O3. The number of benzene rings is 2. The number of aryl methyl sites for hydroxylation is 1. The van der Waals surface area contributed by atoms with Crippen molar-refractivity contribution in [2.75, 3.05) is 19.0 Å². The molecule has 4 aromatic rings. The lowest BCUT2D eigenvalue weighted by atomic mass is 10.1. The van der Waals surface area contributed by atoms with E-state index in [-0.39, 0.29) is 0 Å². The summed E-state index contributed by atoms with van der Waals surface area (Å²) in [4.78, 5) is 4.38. The Balaban J connectivity index is 1.56. The van der Waals surface area contributed by atoms with Gasteiger partial charge in [-0.3, -0.25) is 0 Å². The first-order chi connectivity index (χ1) is 14.7. The molecule has 0 aliphatic carbocycles. The molecule has 0 radical (unpaired) electrons. The fraction of sp³-hybridized carbons (Fsp3) is 0.217. The van der Waals surface area contributed by atoms with Crippen molar-refractivity contribution >= 4 is 11.7 Å². The van der Waals surface area contributed by atoms with Crippen LogP contribution in [0.25, 0.3) is 17.0 Å². The maximum atomic E-state index is 5.95. The van der Waals surface area contributed by atoms with Crippen LogP contribution >= 0.6 is 0 Å². The molecule has 0 aliphatic heterocycles. The number of oxazole rings is 1. The van der Waals surface area contributed by atoms with Crippen molar-refractivity contribution in [1.29, 1.82) is 0 Å². The normalized spacial score (nSPS) is 10.9. The fourth-order valence-electron chi connectivity index (χ4n) is 3.13. The first-order valence-corrected chi connectivity index (χ1v) is 9.76. The number of aromatic nitrogens is 3. The lowest BCUT2D eigenvalue weighted by Crippen LogP contribution is -1.98. The van der Waals surface area contributed by atoms with E-state index in [1.807, 2.05) is 44.3 Å². The predicted octanol–water partition coefficient (Wildman–Crippen LogP) is 5.12. The average Bonchev–Trinajstić information content (AvgIpc) is 3.46. The minimum Gasteiger partial charge on any atom is -0.494 e. The topological polar surface area (TPSA) is 74.3 Å². The van der Waals surface area contributed by atoms with Gasteiger partial charge in [-0.1, -0.05) is 12.1 Å². The highest BCUT2D eigenvalue weighted by Crippen LogP contribution is 2.31. The van der Waals surface area contributed by atoms with Gasteiger partial charge in [0.2, 0.25) is 0 Å². The summed E-state index contributed by atoms with van der Waals surface area (Å²) >= 11 is 0. The minimum absolute atomic E-state index is 0.428. The molecule has 0 atom stereocenters. The summed E-state index contributed by atoms with van der Waals surface area (Å²) in [6.07, 6.45) is 5.30. The molecule has 0 spiro atoms. The summed E-state index contributed by atoms with van der Waals surface area (Å²) < 4.78 is 18.8. The Labute approximate surface area is 175 Å². The molecule has 0 bridgehead atoms. The number of methoxy groups -OCH3 is 1. The summed E-state index contributed by atoms with van der Waals surface area (Å²) in [7, 11) is 1.64. The maximum absolute atomic E-state index is 5.95. The zero-order valence-corrected chi connectivity index (χ0v) is 17.3. The van der Waals surface area contributed by atoms with E-state index in [1.54, 1.807) is 24.2 Å². The van der Waals surface area contributed by atoms with Gasteiger partial charge in [-0.25, -0.2) is 9.67 Å². The highest BCUT2D eigenvalue weighted by Gasteiger charge is 2.12. The van der Waals surface area contributed by atoms with Crippen molar-refractivity contribution in [2.24, 2.45) is 0 Å². The number of hydrogen-bond donors (Lipinski definition) is 1. The standard InChI is InChI=1S/C23H24N4O3/c1-4-29-15-17-7-6-16(2)19(12-17)26-23-24-14-22(30-23)18-8-9-20(21(13-18)28-3)27-11-5-10-25-27/h5-14H,4,15H2,1-3H3,(H,24,26). The van der Waals surface area contributed by atoms with Gasteiger partial charge in [0.15, 0.2) is 5.76 Å². The smallest absolute Gasteiger partial charge is 0.299 e. The maximum Gasteiger partial charge on any atom is 0.299 e. The fourth-order valence-corrected chi connectivity index (χ4v) is 3.13. The molecule has 4 rings (SSSR count). The van der Waals surface area contributed by atoms with Crippen LogP contribution in [-0.2, 0) is 11.3 Å². The van der Waals surface area contributed by atoms with Crippen LogP contribution in [0, 0.1) is 6.92 Å². The van der Waals surface area contributed by atoms with Crippen LogP contribution in [0.2, 0.25) is 0 Å². The Kier molecular flexibility index (Phi) is 5.81. The van der Waals surface area contributed by atoms with E-state index < -0.39 is 0 Å². The Hall–Kier alpha value is -3.58. The van der Waals surface area contributed by atoms with Gasteiger partial charge in [0, 0.05) is 30.3 Å². The molecule has 2 aromatic carbocycles. The number of ether oxygens (including phenoxy) is 2. The number of rotatable bonds is 8. The molecule has 154 valence electrons. The van der Waals surface area contributed by atoms with E-state index in [1.165, 1.54) is 0 Å². The third kappa shape index (κ3) is 4.21. The highest BCUT2D eigenvalue weighted by atomic mass is 16.5. The van der Waals surface area contributed by atoms with Gasteiger partial charge < -0.3 is 19.2 Å². The van der Waals surface area contributed by atoms with Crippen molar-refractivity contribution < 1.29 is 13.9 Å². The van der Waals surface area contributed by atoms with Crippen molar-refractivity contribution in [3.05, 3.63) is 72.2 Å². The molecule has 30 heavy (non-hydrogen) atoms. The van der Waals surface area contributed by atoms with Gasteiger partial charge in [0.25, 0.3) is 6.01 Å². The van der Waals surface area contributed by atoms with E-state index >= 15 is 0 Å². The van der Waals surface area contributed by atoms with Gasteiger partial charge in [-0.15, -0.1) is 0 Å². The van der Waals surface area contributed by atoms with Gasteiger partial charge in [0.1, 0.15) is 11.4 Å². The highest BCUT2D eigenvalue weighted by molar-refractivity contribution is 5.65. The van der Waals surface area contributed by atoms with Gasteiger partial charge >= 0.3 is 0 Å². The predicted molar refractivity (Wildman–Crippen MR) is 115 cm³/mol. The van der Waals surface area contributed by atoms with Gasteiger partial charge in [-0.2, -0.15) is 5.10 Å². The van der Waals surface area contributed by atoms with Gasteiger partial charge in [0.05, 0.1) is 19.9 Å². The molecule has 0 saturated carbocycles. The van der Waals surface area contributed by atoms with Crippen LogP contribution in [0.4, 0.5) is 11.7 Å². The summed E-state index contributed by atoms with van der Waals surface area (Å²) in [6.45, 7) is 5.28. The molecule has 0 fully saturated rings. The zero-order chi connectivity index (χ0) is 20.9. The van der Waals surface area contributed by atoms with Crippen molar-refractivity contribution in [3.63, 3.8) is 0 Å². The quantitative estimate of drug-likeness (QED) is 0.439. The molecule has 0 amide bonds. The third-order valence-electron chi connectivity index (χ3n) is 4.74. The third-order valence-corrected chi connectivity index (χ3v) is 4.74. The van der Waals surface area contributed by atoms with Crippen molar-refractivity contribution in [3.8, 4) is 22.8 Å². The Morgan fingerprint density at radius 3 is 2.83 bits per heavy atom. The van der Waals surface area contributed by atoms with Crippen LogP contribution in [0.3, 0.4) is 0 Å². The molecule has 7 nitrogen and oxygen atoms in total. The van der Waals surface area contributed by atoms with Crippen LogP contribution < -0.4 is 10.1 Å². The number of nitrogens with zero attached hydrogens (tertiary/aromatic N) is 3. The second kappa shape index (κ2) is 8.84. The average molecular weight is 404 g/mol. The summed E-state index contributed by atoms with van der Waals surface area (Å²) in [5, 5.41) is 7.53. The molecule has 1 N–H and O–H groups in total. The second-order valence-corrected chi connectivity index (χ2v) is 6.78. The van der Waals surface area contributed by atoms with Crippen LogP contribution in [0.5, 0.6) is 5.75 Å². The number of anilines is 2. The molecule has 0 unspecified atom stereocenters. The first-order valence-electron chi connectivity index (χ1n) is 9.76. The van der Waals surface area contributed by atoms with Gasteiger partial charge in [-0.05, 0) is 55.3 Å². The molecule has 2 heterocycles. The zero-order valence-electron chi connectivity index (χ0n) is 17.3. The molecular weight excluding hydrogens is 380 g/mol. The molecule has 0 aliphatic rings. The van der Waals surface area contributed by atoms with E-state index in [0.29, 0.717) is 30.7 Å². The summed E-state index contributed by atoms with van der Waals surface area (Å²) in [5.74, 6) is 1.34. The van der Waals surface area contributed by atoms with Crippen molar-refractivity contribution in [2.45, 2.75) is 20.5 Å². The largest absolute Gasteiger partial charge is 0.494 e. The second-order valence-electron chi connectivity index (χ2n) is 6.78. The van der Waals surface area contributed by atoms with Crippen LogP contribution in [0.1, 0.15) is 18.1 Å². The first kappa shape index (κ1) is 19.7.